The van der Waals surface area contributed by atoms with Gasteiger partial charge in [-0.15, -0.1) is 0 Å². The highest BCUT2D eigenvalue weighted by Gasteiger charge is 2.34. The summed E-state index contributed by atoms with van der Waals surface area (Å²) in [5.74, 6) is -0.704. The van der Waals surface area contributed by atoms with Gasteiger partial charge in [-0.05, 0) is 67.7 Å². The number of amides is 1. The highest BCUT2D eigenvalue weighted by atomic mass is 32.2. The SMILES string of the molecule is NS(=O)(=O)c1ccc(CN2CCC(c3c(C(=O)N4CC[C@@H](c5ccc(F)cc5)C4)cnn3-c3ncc(F)cn3)CC2)cc1. The summed E-state index contributed by atoms with van der Waals surface area (Å²) >= 11 is 0. The number of hydrogen-bond donors (Lipinski definition) is 1. The molecule has 224 valence electrons. The minimum absolute atomic E-state index is 0.0217. The van der Waals surface area contributed by atoms with E-state index < -0.39 is 15.8 Å². The molecule has 4 heterocycles. The summed E-state index contributed by atoms with van der Waals surface area (Å²) < 4.78 is 51.8. The van der Waals surface area contributed by atoms with E-state index in [4.69, 9.17) is 5.14 Å². The summed E-state index contributed by atoms with van der Waals surface area (Å²) in [4.78, 5) is 26.3. The quantitative estimate of drug-likeness (QED) is 0.340. The van der Waals surface area contributed by atoms with Gasteiger partial charge in [-0.1, -0.05) is 24.3 Å². The molecule has 43 heavy (non-hydrogen) atoms. The van der Waals surface area contributed by atoms with E-state index in [0.717, 1.165) is 55.9 Å². The Morgan fingerprint density at radius 1 is 0.860 bits per heavy atom. The maximum atomic E-state index is 13.9. The Balaban J connectivity index is 1.20. The Morgan fingerprint density at radius 3 is 2.16 bits per heavy atom. The molecule has 0 radical (unpaired) electrons. The molecule has 4 aromatic rings. The van der Waals surface area contributed by atoms with E-state index in [1.54, 1.807) is 35.1 Å². The number of piperidine rings is 1. The first kappa shape index (κ1) is 29.0. The second-order valence-electron chi connectivity index (χ2n) is 11.1. The van der Waals surface area contributed by atoms with Crippen LogP contribution < -0.4 is 5.14 Å². The number of nitrogens with two attached hydrogens (primary N) is 1. The van der Waals surface area contributed by atoms with Gasteiger partial charge in [-0.2, -0.15) is 5.10 Å². The third kappa shape index (κ3) is 6.33. The molecule has 2 N–H and O–H groups in total. The first-order valence-electron chi connectivity index (χ1n) is 14.1. The number of sulfonamides is 1. The van der Waals surface area contributed by atoms with Gasteiger partial charge in [-0.3, -0.25) is 9.69 Å². The molecule has 1 amide bonds. The van der Waals surface area contributed by atoms with Crippen LogP contribution in [0.25, 0.3) is 5.95 Å². The Bertz CT molecular complexity index is 1700. The molecule has 6 rings (SSSR count). The van der Waals surface area contributed by atoms with E-state index in [-0.39, 0.29) is 34.4 Å². The van der Waals surface area contributed by atoms with Gasteiger partial charge in [0.25, 0.3) is 11.9 Å². The van der Waals surface area contributed by atoms with Gasteiger partial charge in [0.1, 0.15) is 5.82 Å². The van der Waals surface area contributed by atoms with Crippen LogP contribution in [-0.2, 0) is 16.6 Å². The molecule has 0 bridgehead atoms. The topological polar surface area (TPSA) is 127 Å². The second kappa shape index (κ2) is 11.9. The molecule has 2 aliphatic heterocycles. The average molecular weight is 608 g/mol. The fourth-order valence-electron chi connectivity index (χ4n) is 6.02. The van der Waals surface area contributed by atoms with E-state index in [1.807, 2.05) is 4.90 Å². The van der Waals surface area contributed by atoms with Crippen LogP contribution in [-0.4, -0.2) is 70.1 Å². The predicted molar refractivity (Wildman–Crippen MR) is 154 cm³/mol. The molecule has 0 unspecified atom stereocenters. The van der Waals surface area contributed by atoms with Crippen LogP contribution in [0.1, 0.15) is 58.3 Å². The van der Waals surface area contributed by atoms with Crippen LogP contribution in [0, 0.1) is 11.6 Å². The number of likely N-dealkylation sites (tertiary alicyclic amines) is 2. The second-order valence-corrected chi connectivity index (χ2v) is 12.6. The number of hydrogen-bond acceptors (Lipinski definition) is 7. The van der Waals surface area contributed by atoms with Gasteiger partial charge >= 0.3 is 0 Å². The molecule has 13 heteroatoms. The van der Waals surface area contributed by atoms with Gasteiger partial charge in [0, 0.05) is 31.5 Å². The number of carbonyl (C=O) groups excluding carboxylic acids is 1. The van der Waals surface area contributed by atoms with Crippen LogP contribution >= 0.6 is 0 Å². The van der Waals surface area contributed by atoms with Crippen LogP contribution in [0.4, 0.5) is 8.78 Å². The molecule has 0 aliphatic carbocycles. The zero-order valence-electron chi connectivity index (χ0n) is 23.3. The lowest BCUT2D eigenvalue weighted by molar-refractivity contribution is 0.0788. The Kier molecular flexibility index (Phi) is 8.03. The Morgan fingerprint density at radius 2 is 1.51 bits per heavy atom. The molecular weight excluding hydrogens is 576 g/mol. The van der Waals surface area contributed by atoms with Crippen molar-refractivity contribution in [2.24, 2.45) is 5.14 Å². The number of nitrogens with zero attached hydrogens (tertiary/aromatic N) is 6. The van der Waals surface area contributed by atoms with Gasteiger partial charge < -0.3 is 4.90 Å². The van der Waals surface area contributed by atoms with E-state index in [0.29, 0.717) is 30.9 Å². The Hall–Kier alpha value is -4.07. The summed E-state index contributed by atoms with van der Waals surface area (Å²) in [5, 5.41) is 9.71. The predicted octanol–water partition coefficient (Wildman–Crippen LogP) is 3.60. The third-order valence-electron chi connectivity index (χ3n) is 8.28. The van der Waals surface area contributed by atoms with E-state index in [2.05, 4.69) is 20.0 Å². The number of benzene rings is 2. The highest BCUT2D eigenvalue weighted by molar-refractivity contribution is 7.89. The van der Waals surface area contributed by atoms with Crippen LogP contribution in [0.5, 0.6) is 0 Å². The fourth-order valence-corrected chi connectivity index (χ4v) is 6.53. The number of rotatable bonds is 7. The standard InChI is InChI=1S/C30H31F2N7O3S/c31-24-5-3-21(4-6-24)23-11-14-38(19-23)29(40)27-17-36-39(30-34-15-25(32)16-35-30)28(27)22-9-12-37(13-10-22)18-20-1-7-26(8-2-20)43(33,41)42/h1-8,15-17,22-23H,9-14,18-19H2,(H2,33,41,42)/t23-/m1/s1. The minimum Gasteiger partial charge on any atom is -0.338 e. The maximum Gasteiger partial charge on any atom is 0.257 e. The van der Waals surface area contributed by atoms with Gasteiger partial charge in [0.05, 0.1) is 34.7 Å². The molecular formula is C30H31F2N7O3S. The van der Waals surface area contributed by atoms with Crippen LogP contribution in [0.15, 0.2) is 72.0 Å². The number of halogens is 2. The lowest BCUT2D eigenvalue weighted by atomic mass is 9.90. The summed E-state index contributed by atoms with van der Waals surface area (Å²) in [6.45, 7) is 3.20. The monoisotopic (exact) mass is 607 g/mol. The summed E-state index contributed by atoms with van der Waals surface area (Å²) in [5.41, 5.74) is 3.15. The average Bonchev–Trinajstić information content (AvgIpc) is 3.67. The summed E-state index contributed by atoms with van der Waals surface area (Å²) in [7, 11) is -3.75. The molecule has 2 fully saturated rings. The highest BCUT2D eigenvalue weighted by Crippen LogP contribution is 2.34. The molecule has 10 nitrogen and oxygen atoms in total. The van der Waals surface area contributed by atoms with Gasteiger partial charge in [0.15, 0.2) is 5.82 Å². The zero-order chi connectivity index (χ0) is 30.1. The molecule has 2 aromatic carbocycles. The smallest absolute Gasteiger partial charge is 0.257 e. The van der Waals surface area contributed by atoms with Crippen molar-refractivity contribution in [3.05, 3.63) is 101 Å². The first-order chi connectivity index (χ1) is 20.7. The van der Waals surface area contributed by atoms with Crippen molar-refractivity contribution < 1.29 is 22.0 Å². The molecule has 0 spiro atoms. The van der Waals surface area contributed by atoms with Crippen molar-refractivity contribution in [1.29, 1.82) is 0 Å². The van der Waals surface area contributed by atoms with Crippen molar-refractivity contribution in [3.63, 3.8) is 0 Å². The maximum absolute atomic E-state index is 13.9. The van der Waals surface area contributed by atoms with E-state index >= 15 is 0 Å². The largest absolute Gasteiger partial charge is 0.338 e. The van der Waals surface area contributed by atoms with Gasteiger partial charge in [0.2, 0.25) is 10.0 Å². The van der Waals surface area contributed by atoms with Crippen LogP contribution in [0.2, 0.25) is 0 Å². The fraction of sp³-hybridized carbons (Fsp3) is 0.333. The lowest BCUT2D eigenvalue weighted by Gasteiger charge is -2.32. The van der Waals surface area contributed by atoms with Gasteiger partial charge in [-0.25, -0.2) is 37.0 Å². The molecule has 2 aliphatic rings. The Labute approximate surface area is 248 Å². The van der Waals surface area contributed by atoms with Crippen molar-refractivity contribution in [3.8, 4) is 5.95 Å². The van der Waals surface area contributed by atoms with E-state index in [9.17, 15) is 22.0 Å². The minimum atomic E-state index is -3.75. The number of carbonyl (C=O) groups is 1. The summed E-state index contributed by atoms with van der Waals surface area (Å²) in [6.07, 6.45) is 5.95. The van der Waals surface area contributed by atoms with Crippen LogP contribution in [0.3, 0.4) is 0 Å². The number of aromatic nitrogens is 4. The number of primary sulfonamides is 1. The lowest BCUT2D eigenvalue weighted by Crippen LogP contribution is -2.34. The third-order valence-corrected chi connectivity index (χ3v) is 9.21. The molecule has 1 atom stereocenters. The van der Waals surface area contributed by atoms with Crippen molar-refractivity contribution in [2.75, 3.05) is 26.2 Å². The molecule has 2 aromatic heterocycles. The molecule has 2 saturated heterocycles. The van der Waals surface area contributed by atoms with Crippen molar-refractivity contribution in [2.45, 2.75) is 42.5 Å². The zero-order valence-corrected chi connectivity index (χ0v) is 24.1. The van der Waals surface area contributed by atoms with Crippen molar-refractivity contribution >= 4 is 15.9 Å². The molecule has 0 saturated carbocycles. The summed E-state index contributed by atoms with van der Waals surface area (Å²) in [6, 6.07) is 13.0. The van der Waals surface area contributed by atoms with Crippen molar-refractivity contribution in [1.82, 2.24) is 29.5 Å². The van der Waals surface area contributed by atoms with E-state index in [1.165, 1.54) is 24.3 Å². The normalized spacial score (nSPS) is 18.3. The first-order valence-corrected chi connectivity index (χ1v) is 15.6.